The van der Waals surface area contributed by atoms with Gasteiger partial charge in [0.1, 0.15) is 5.60 Å². The van der Waals surface area contributed by atoms with Crippen LogP contribution in [0.1, 0.15) is 20.8 Å². The SMILES string of the molecule is CN(C)c1cccc2c(S(=O)(=O)N3CCN(C(=O)OC(C)(C)C)CC3)cccc12. The number of anilines is 1. The molecular weight excluding hydrogens is 390 g/mol. The Balaban J connectivity index is 1.84. The topological polar surface area (TPSA) is 70.2 Å². The van der Waals surface area contributed by atoms with Crippen LogP contribution in [0, 0.1) is 0 Å². The highest BCUT2D eigenvalue weighted by molar-refractivity contribution is 7.89. The van der Waals surface area contributed by atoms with Gasteiger partial charge in [0.05, 0.1) is 4.90 Å². The summed E-state index contributed by atoms with van der Waals surface area (Å²) in [5, 5.41) is 1.60. The molecule has 3 rings (SSSR count). The Labute approximate surface area is 172 Å². The molecular formula is C21H29N3O4S. The quantitative estimate of drug-likeness (QED) is 0.764. The van der Waals surface area contributed by atoms with Gasteiger partial charge in [0.15, 0.2) is 0 Å². The maximum absolute atomic E-state index is 13.4. The molecule has 0 aromatic heterocycles. The number of carbonyl (C=O) groups is 1. The molecule has 1 aliphatic heterocycles. The molecule has 2 aromatic carbocycles. The average molecular weight is 420 g/mol. The van der Waals surface area contributed by atoms with Crippen molar-refractivity contribution in [1.82, 2.24) is 9.21 Å². The molecule has 7 nitrogen and oxygen atoms in total. The number of benzene rings is 2. The normalized spacial score (nSPS) is 16.1. The Kier molecular flexibility index (Phi) is 5.78. The number of rotatable bonds is 3. The van der Waals surface area contributed by atoms with Gasteiger partial charge < -0.3 is 14.5 Å². The molecule has 1 heterocycles. The number of fused-ring (bicyclic) bond motifs is 1. The monoisotopic (exact) mass is 419 g/mol. The largest absolute Gasteiger partial charge is 0.444 e. The van der Waals surface area contributed by atoms with Gasteiger partial charge in [-0.15, -0.1) is 0 Å². The second kappa shape index (κ2) is 7.84. The first-order valence-corrected chi connectivity index (χ1v) is 11.1. The number of hydrogen-bond acceptors (Lipinski definition) is 5. The van der Waals surface area contributed by atoms with E-state index in [1.165, 1.54) is 4.31 Å². The Morgan fingerprint density at radius 1 is 0.966 bits per heavy atom. The number of ether oxygens (including phenoxy) is 1. The summed E-state index contributed by atoms with van der Waals surface area (Å²) in [7, 11) is 0.193. The number of amides is 1. The van der Waals surface area contributed by atoms with Crippen molar-refractivity contribution in [1.29, 1.82) is 0 Å². The standard InChI is InChI=1S/C21H29N3O4S/c1-21(2,3)28-20(25)23-12-14-24(15-13-23)29(26,27)19-11-7-8-16-17(19)9-6-10-18(16)22(4)5/h6-11H,12-15H2,1-5H3. The first-order valence-electron chi connectivity index (χ1n) is 9.68. The van der Waals surface area contributed by atoms with E-state index < -0.39 is 21.7 Å². The molecule has 158 valence electrons. The van der Waals surface area contributed by atoms with Crippen LogP contribution in [0.2, 0.25) is 0 Å². The van der Waals surface area contributed by atoms with Gasteiger partial charge in [-0.3, -0.25) is 0 Å². The van der Waals surface area contributed by atoms with Gasteiger partial charge in [-0.05, 0) is 32.9 Å². The zero-order valence-electron chi connectivity index (χ0n) is 17.7. The van der Waals surface area contributed by atoms with Crippen LogP contribution in [-0.4, -0.2) is 69.6 Å². The molecule has 0 aliphatic carbocycles. The maximum Gasteiger partial charge on any atom is 0.410 e. The Morgan fingerprint density at radius 2 is 1.55 bits per heavy atom. The fourth-order valence-corrected chi connectivity index (χ4v) is 5.08. The molecule has 0 spiro atoms. The minimum Gasteiger partial charge on any atom is -0.444 e. The number of carbonyl (C=O) groups excluding carboxylic acids is 1. The Hall–Kier alpha value is -2.32. The smallest absolute Gasteiger partial charge is 0.410 e. The molecule has 0 unspecified atom stereocenters. The number of hydrogen-bond donors (Lipinski definition) is 0. The van der Waals surface area contributed by atoms with Gasteiger partial charge in [-0.1, -0.05) is 24.3 Å². The van der Waals surface area contributed by atoms with E-state index in [4.69, 9.17) is 4.74 Å². The molecule has 8 heteroatoms. The van der Waals surface area contributed by atoms with Crippen LogP contribution >= 0.6 is 0 Å². The number of nitrogens with zero attached hydrogens (tertiary/aromatic N) is 3. The maximum atomic E-state index is 13.4. The molecule has 0 bridgehead atoms. The fourth-order valence-electron chi connectivity index (χ4n) is 3.46. The van der Waals surface area contributed by atoms with Gasteiger partial charge in [0, 0.05) is 56.7 Å². The first kappa shape index (κ1) is 21.4. The molecule has 1 fully saturated rings. The molecule has 0 atom stereocenters. The van der Waals surface area contributed by atoms with Gasteiger partial charge in [-0.25, -0.2) is 13.2 Å². The lowest BCUT2D eigenvalue weighted by molar-refractivity contribution is 0.0192. The lowest BCUT2D eigenvalue weighted by Gasteiger charge is -2.35. The number of piperazine rings is 1. The lowest BCUT2D eigenvalue weighted by atomic mass is 10.1. The van der Waals surface area contributed by atoms with Crippen molar-refractivity contribution in [3.05, 3.63) is 36.4 Å². The van der Waals surface area contributed by atoms with E-state index in [2.05, 4.69) is 0 Å². The predicted octanol–water partition coefficient (Wildman–Crippen LogP) is 3.15. The molecule has 0 N–H and O–H groups in total. The summed E-state index contributed by atoms with van der Waals surface area (Å²) in [5.74, 6) is 0. The van der Waals surface area contributed by atoms with E-state index in [9.17, 15) is 13.2 Å². The van der Waals surface area contributed by atoms with Gasteiger partial charge in [0.2, 0.25) is 10.0 Å². The van der Waals surface area contributed by atoms with Crippen LogP contribution in [0.5, 0.6) is 0 Å². The van der Waals surface area contributed by atoms with E-state index in [0.717, 1.165) is 11.1 Å². The highest BCUT2D eigenvalue weighted by Gasteiger charge is 2.32. The second-order valence-corrected chi connectivity index (χ2v) is 10.3. The predicted molar refractivity (Wildman–Crippen MR) is 115 cm³/mol. The van der Waals surface area contributed by atoms with E-state index in [0.29, 0.717) is 23.4 Å². The Bertz CT molecular complexity index is 1000. The third-order valence-electron chi connectivity index (χ3n) is 4.85. The summed E-state index contributed by atoms with van der Waals surface area (Å²) in [6.07, 6.45) is -0.407. The van der Waals surface area contributed by atoms with Crippen LogP contribution in [0.3, 0.4) is 0 Å². The summed E-state index contributed by atoms with van der Waals surface area (Å²) in [6.45, 7) is 6.54. The molecule has 1 saturated heterocycles. The van der Waals surface area contributed by atoms with Crippen molar-refractivity contribution >= 4 is 32.6 Å². The highest BCUT2D eigenvalue weighted by Crippen LogP contribution is 2.32. The van der Waals surface area contributed by atoms with E-state index in [1.54, 1.807) is 17.0 Å². The van der Waals surface area contributed by atoms with Crippen molar-refractivity contribution in [3.8, 4) is 0 Å². The Morgan fingerprint density at radius 3 is 2.14 bits per heavy atom. The van der Waals surface area contributed by atoms with Crippen LogP contribution < -0.4 is 4.90 Å². The van der Waals surface area contributed by atoms with Crippen LogP contribution in [0.25, 0.3) is 10.8 Å². The van der Waals surface area contributed by atoms with Gasteiger partial charge in [-0.2, -0.15) is 4.31 Å². The van der Waals surface area contributed by atoms with Crippen molar-refractivity contribution in [2.75, 3.05) is 45.2 Å². The molecule has 1 amide bonds. The third-order valence-corrected chi connectivity index (χ3v) is 6.81. The minimum absolute atomic E-state index is 0.241. The number of sulfonamides is 1. The summed E-state index contributed by atoms with van der Waals surface area (Å²) in [4.78, 5) is 16.1. The average Bonchev–Trinajstić information content (AvgIpc) is 2.65. The molecule has 0 radical (unpaired) electrons. The van der Waals surface area contributed by atoms with Crippen molar-refractivity contribution < 1.29 is 17.9 Å². The third kappa shape index (κ3) is 4.48. The highest BCUT2D eigenvalue weighted by atomic mass is 32.2. The summed E-state index contributed by atoms with van der Waals surface area (Å²) < 4.78 is 33.6. The summed E-state index contributed by atoms with van der Waals surface area (Å²) >= 11 is 0. The van der Waals surface area contributed by atoms with Crippen molar-refractivity contribution in [2.45, 2.75) is 31.3 Å². The second-order valence-electron chi connectivity index (χ2n) is 8.39. The van der Waals surface area contributed by atoms with Crippen molar-refractivity contribution in [3.63, 3.8) is 0 Å². The zero-order chi connectivity index (χ0) is 21.4. The van der Waals surface area contributed by atoms with Crippen molar-refractivity contribution in [2.24, 2.45) is 0 Å². The summed E-state index contributed by atoms with van der Waals surface area (Å²) in [6, 6.07) is 11.0. The summed E-state index contributed by atoms with van der Waals surface area (Å²) in [5.41, 5.74) is 0.391. The fraction of sp³-hybridized carbons (Fsp3) is 0.476. The van der Waals surface area contributed by atoms with Gasteiger partial charge >= 0.3 is 6.09 Å². The van der Waals surface area contributed by atoms with Crippen LogP contribution in [0.4, 0.5) is 10.5 Å². The van der Waals surface area contributed by atoms with E-state index in [-0.39, 0.29) is 13.1 Å². The van der Waals surface area contributed by atoms with Gasteiger partial charge in [0.25, 0.3) is 0 Å². The molecule has 1 aliphatic rings. The van der Waals surface area contributed by atoms with Crippen LogP contribution in [-0.2, 0) is 14.8 Å². The molecule has 29 heavy (non-hydrogen) atoms. The zero-order valence-corrected chi connectivity index (χ0v) is 18.5. The first-order chi connectivity index (χ1) is 13.5. The molecule has 2 aromatic rings. The lowest BCUT2D eigenvalue weighted by Crippen LogP contribution is -2.51. The van der Waals surface area contributed by atoms with E-state index >= 15 is 0 Å². The minimum atomic E-state index is -3.68. The van der Waals surface area contributed by atoms with E-state index in [1.807, 2.05) is 64.0 Å². The molecule has 0 saturated carbocycles. The van der Waals surface area contributed by atoms with Crippen LogP contribution in [0.15, 0.2) is 41.3 Å².